The number of benzene rings is 4. The van der Waals surface area contributed by atoms with Crippen molar-refractivity contribution in [1.29, 1.82) is 0 Å². The van der Waals surface area contributed by atoms with Crippen molar-refractivity contribution in [3.05, 3.63) is 128 Å². The van der Waals surface area contributed by atoms with Gasteiger partial charge in [0.2, 0.25) is 0 Å². The number of anilines is 1. The second-order valence-corrected chi connectivity index (χ2v) is 10.4. The molecule has 0 N–H and O–H groups in total. The smallest absolute Gasteiger partial charge is 0.271 e. The number of aliphatic imine (C=N–C) groups is 1. The summed E-state index contributed by atoms with van der Waals surface area (Å²) in [6.07, 6.45) is 1.85. The van der Waals surface area contributed by atoms with Crippen LogP contribution in [0.5, 0.6) is 5.75 Å². The van der Waals surface area contributed by atoms with Gasteiger partial charge in [-0.2, -0.15) is 0 Å². The van der Waals surface area contributed by atoms with Crippen LogP contribution in [0.4, 0.5) is 11.4 Å². The normalized spacial score (nSPS) is 15.5. The van der Waals surface area contributed by atoms with Crippen molar-refractivity contribution < 1.29 is 9.53 Å². The van der Waals surface area contributed by atoms with Crippen LogP contribution in [-0.4, -0.2) is 11.1 Å². The SMILES string of the molecule is O=C1/C(=C/c2ccc(OCc3ccc(Cl)cc3)cc2)SC(=Nc2ccc(Cl)cc2)N1c1ccc(Cl)cc1. The van der Waals surface area contributed by atoms with Gasteiger partial charge < -0.3 is 4.74 Å². The fourth-order valence-corrected chi connectivity index (χ4v) is 4.93. The Morgan fingerprint density at radius 3 is 1.95 bits per heavy atom. The van der Waals surface area contributed by atoms with Crippen LogP contribution in [0, 0.1) is 0 Å². The molecule has 1 amide bonds. The second kappa shape index (κ2) is 11.4. The Hall–Kier alpha value is -3.22. The van der Waals surface area contributed by atoms with Gasteiger partial charge in [-0.3, -0.25) is 9.69 Å². The lowest BCUT2D eigenvalue weighted by Gasteiger charge is -2.15. The molecule has 4 aromatic rings. The number of thioether (sulfide) groups is 1. The summed E-state index contributed by atoms with van der Waals surface area (Å²) in [5.74, 6) is 0.568. The number of hydrogen-bond donors (Lipinski definition) is 0. The first kappa shape index (κ1) is 25.4. The maximum absolute atomic E-state index is 13.5. The van der Waals surface area contributed by atoms with E-state index in [-0.39, 0.29) is 5.91 Å². The first-order valence-electron chi connectivity index (χ1n) is 11.3. The van der Waals surface area contributed by atoms with Gasteiger partial charge in [-0.1, -0.05) is 59.1 Å². The molecule has 1 saturated heterocycles. The molecule has 1 aliphatic heterocycles. The molecule has 4 nitrogen and oxygen atoms in total. The van der Waals surface area contributed by atoms with E-state index in [4.69, 9.17) is 44.5 Å². The molecule has 0 aliphatic carbocycles. The van der Waals surface area contributed by atoms with Crippen LogP contribution in [0.25, 0.3) is 6.08 Å². The fraction of sp³-hybridized carbons (Fsp3) is 0.0345. The van der Waals surface area contributed by atoms with E-state index in [9.17, 15) is 4.79 Å². The van der Waals surface area contributed by atoms with Crippen LogP contribution in [0.2, 0.25) is 15.1 Å². The lowest BCUT2D eigenvalue weighted by molar-refractivity contribution is -0.113. The summed E-state index contributed by atoms with van der Waals surface area (Å²) in [5.41, 5.74) is 3.28. The molecule has 1 fully saturated rings. The molecule has 4 aromatic carbocycles. The van der Waals surface area contributed by atoms with Crippen LogP contribution < -0.4 is 9.64 Å². The third-order valence-electron chi connectivity index (χ3n) is 5.44. The number of amidine groups is 1. The number of hydrogen-bond acceptors (Lipinski definition) is 4. The Morgan fingerprint density at radius 2 is 1.32 bits per heavy atom. The molecule has 0 radical (unpaired) electrons. The Bertz CT molecular complexity index is 1470. The predicted molar refractivity (Wildman–Crippen MR) is 155 cm³/mol. The Labute approximate surface area is 234 Å². The third-order valence-corrected chi connectivity index (χ3v) is 7.16. The van der Waals surface area contributed by atoms with E-state index >= 15 is 0 Å². The van der Waals surface area contributed by atoms with Crippen LogP contribution in [0.1, 0.15) is 11.1 Å². The number of carbonyl (C=O) groups is 1. The van der Waals surface area contributed by atoms with Gasteiger partial charge in [-0.25, -0.2) is 4.99 Å². The summed E-state index contributed by atoms with van der Waals surface area (Å²) in [6.45, 7) is 0.437. The Kier molecular flexibility index (Phi) is 7.87. The molecule has 0 spiro atoms. The molecule has 1 heterocycles. The lowest BCUT2D eigenvalue weighted by Crippen LogP contribution is -2.28. The topological polar surface area (TPSA) is 41.9 Å². The Morgan fingerprint density at radius 1 is 0.757 bits per heavy atom. The van der Waals surface area contributed by atoms with E-state index in [0.29, 0.717) is 43.1 Å². The molecule has 37 heavy (non-hydrogen) atoms. The molecule has 0 aromatic heterocycles. The third kappa shape index (κ3) is 6.38. The molecular weight excluding hydrogens is 547 g/mol. The minimum absolute atomic E-state index is 0.164. The van der Waals surface area contributed by atoms with Crippen LogP contribution in [-0.2, 0) is 11.4 Å². The maximum Gasteiger partial charge on any atom is 0.271 e. The molecule has 0 bridgehead atoms. The lowest BCUT2D eigenvalue weighted by atomic mass is 10.2. The average molecular weight is 566 g/mol. The van der Waals surface area contributed by atoms with Crippen LogP contribution >= 0.6 is 46.6 Å². The van der Waals surface area contributed by atoms with Crippen molar-refractivity contribution in [2.45, 2.75) is 6.61 Å². The molecular formula is C29H19Cl3N2O2S. The van der Waals surface area contributed by atoms with Gasteiger partial charge in [0.05, 0.1) is 16.3 Å². The van der Waals surface area contributed by atoms with Crippen molar-refractivity contribution in [2.75, 3.05) is 4.90 Å². The van der Waals surface area contributed by atoms with Gasteiger partial charge in [0.15, 0.2) is 5.17 Å². The minimum atomic E-state index is -0.164. The number of amides is 1. The van der Waals surface area contributed by atoms with Crippen LogP contribution in [0.15, 0.2) is 107 Å². The predicted octanol–water partition coefficient (Wildman–Crippen LogP) is 9.03. The number of halogens is 3. The van der Waals surface area contributed by atoms with Crippen molar-refractivity contribution in [3.63, 3.8) is 0 Å². The van der Waals surface area contributed by atoms with Crippen molar-refractivity contribution in [2.24, 2.45) is 4.99 Å². The van der Waals surface area contributed by atoms with Crippen molar-refractivity contribution >= 4 is 75.1 Å². The quantitative estimate of drug-likeness (QED) is 0.219. The average Bonchev–Trinajstić information content (AvgIpc) is 3.20. The second-order valence-electron chi connectivity index (χ2n) is 8.08. The zero-order chi connectivity index (χ0) is 25.8. The standard InChI is InChI=1S/C29H19Cl3N2O2S/c30-21-5-1-20(2-6-21)18-36-26-15-3-19(4-16-26)17-27-28(35)34(25-13-9-23(32)10-14-25)29(37-27)33-24-11-7-22(31)8-12-24/h1-17H,18H2/b27-17-,33-29?. The van der Waals surface area contributed by atoms with E-state index in [2.05, 4.69) is 0 Å². The highest BCUT2D eigenvalue weighted by Gasteiger charge is 2.34. The molecule has 5 rings (SSSR count). The van der Waals surface area contributed by atoms with Gasteiger partial charge in [0.1, 0.15) is 12.4 Å². The highest BCUT2D eigenvalue weighted by molar-refractivity contribution is 8.19. The number of carbonyl (C=O) groups excluding carboxylic acids is 1. The summed E-state index contributed by atoms with van der Waals surface area (Å²) >= 11 is 19.3. The molecule has 0 saturated carbocycles. The van der Waals surface area contributed by atoms with Crippen molar-refractivity contribution in [1.82, 2.24) is 0 Å². The molecule has 0 unspecified atom stereocenters. The van der Waals surface area contributed by atoms with E-state index in [0.717, 1.165) is 16.9 Å². The Balaban J connectivity index is 1.38. The highest BCUT2D eigenvalue weighted by Crippen LogP contribution is 2.38. The maximum atomic E-state index is 13.5. The molecule has 184 valence electrons. The van der Waals surface area contributed by atoms with Gasteiger partial charge in [0, 0.05) is 15.1 Å². The minimum Gasteiger partial charge on any atom is -0.489 e. The molecule has 0 atom stereocenters. The molecule has 1 aliphatic rings. The number of rotatable bonds is 6. The first-order valence-corrected chi connectivity index (χ1v) is 13.2. The van der Waals surface area contributed by atoms with E-state index in [1.54, 1.807) is 41.3 Å². The van der Waals surface area contributed by atoms with Crippen LogP contribution in [0.3, 0.4) is 0 Å². The summed E-state index contributed by atoms with van der Waals surface area (Å²) in [6, 6.07) is 29.4. The summed E-state index contributed by atoms with van der Waals surface area (Å²) in [4.78, 5) is 20.3. The van der Waals surface area contributed by atoms with Gasteiger partial charge >= 0.3 is 0 Å². The molecule has 8 heteroatoms. The van der Waals surface area contributed by atoms with E-state index in [1.165, 1.54) is 11.8 Å². The highest BCUT2D eigenvalue weighted by atomic mass is 35.5. The zero-order valence-electron chi connectivity index (χ0n) is 19.3. The fourth-order valence-electron chi connectivity index (χ4n) is 3.55. The summed E-state index contributed by atoms with van der Waals surface area (Å²) in [7, 11) is 0. The van der Waals surface area contributed by atoms with Gasteiger partial charge in [-0.05, 0) is 102 Å². The first-order chi connectivity index (χ1) is 17.9. The number of nitrogens with zero attached hydrogens (tertiary/aromatic N) is 2. The van der Waals surface area contributed by atoms with Crippen molar-refractivity contribution in [3.8, 4) is 5.75 Å². The largest absolute Gasteiger partial charge is 0.489 e. The summed E-state index contributed by atoms with van der Waals surface area (Å²) < 4.78 is 5.87. The van der Waals surface area contributed by atoms with E-state index < -0.39 is 0 Å². The monoisotopic (exact) mass is 564 g/mol. The summed E-state index contributed by atoms with van der Waals surface area (Å²) in [5, 5.41) is 2.45. The van der Waals surface area contributed by atoms with E-state index in [1.807, 2.05) is 66.7 Å². The zero-order valence-corrected chi connectivity index (χ0v) is 22.4. The number of ether oxygens (including phenoxy) is 1. The van der Waals surface area contributed by atoms with Gasteiger partial charge in [0.25, 0.3) is 5.91 Å². The van der Waals surface area contributed by atoms with Gasteiger partial charge in [-0.15, -0.1) is 0 Å².